The lowest BCUT2D eigenvalue weighted by Gasteiger charge is -2.19. The molecule has 0 saturated heterocycles. The van der Waals surface area contributed by atoms with Crippen LogP contribution in [0.3, 0.4) is 0 Å². The fourth-order valence-corrected chi connectivity index (χ4v) is 3.62. The molecular weight excluding hydrogens is 364 g/mol. The van der Waals surface area contributed by atoms with E-state index in [1.807, 2.05) is 13.8 Å². The molecule has 2 aromatic carbocycles. The lowest BCUT2D eigenvalue weighted by atomic mass is 10.2. The fourth-order valence-electron chi connectivity index (χ4n) is 2.41. The summed E-state index contributed by atoms with van der Waals surface area (Å²) in [5.74, 6) is -0.195. The van der Waals surface area contributed by atoms with Crippen LogP contribution in [0.15, 0.2) is 59.5 Å². The van der Waals surface area contributed by atoms with Gasteiger partial charge in [0.15, 0.2) is 0 Å². The van der Waals surface area contributed by atoms with Gasteiger partial charge in [-0.05, 0) is 56.7 Å². The van der Waals surface area contributed by atoms with E-state index in [2.05, 4.69) is 5.32 Å². The number of carbonyl (C=O) groups excluding carboxylic acids is 1. The van der Waals surface area contributed by atoms with Crippen molar-refractivity contribution in [3.05, 3.63) is 60.2 Å². The lowest BCUT2D eigenvalue weighted by molar-refractivity contribution is 0.0757. The van der Waals surface area contributed by atoms with Gasteiger partial charge in [-0.25, -0.2) is 8.42 Å². The Hall–Kier alpha value is -2.38. The predicted molar refractivity (Wildman–Crippen MR) is 107 cm³/mol. The number of sulfonamides is 1. The Morgan fingerprint density at radius 2 is 1.70 bits per heavy atom. The third kappa shape index (κ3) is 5.80. The maximum absolute atomic E-state index is 12.6. The first-order valence-electron chi connectivity index (χ1n) is 8.86. The molecule has 1 amide bonds. The highest BCUT2D eigenvalue weighted by molar-refractivity contribution is 7.92. The van der Waals surface area contributed by atoms with Gasteiger partial charge in [-0.15, -0.1) is 0 Å². The molecule has 2 aromatic rings. The number of nitrogens with zero attached hydrogens (tertiary/aromatic N) is 1. The summed E-state index contributed by atoms with van der Waals surface area (Å²) in [5.41, 5.74) is 0.967. The van der Waals surface area contributed by atoms with E-state index in [0.717, 1.165) is 6.42 Å². The fraction of sp³-hybridized carbons (Fsp3) is 0.350. The van der Waals surface area contributed by atoms with Gasteiger partial charge in [0.2, 0.25) is 0 Å². The molecule has 6 nitrogen and oxygen atoms in total. The number of amides is 1. The second kappa shape index (κ2) is 9.53. The van der Waals surface area contributed by atoms with Crippen LogP contribution >= 0.6 is 0 Å². The van der Waals surface area contributed by atoms with Crippen molar-refractivity contribution in [3.8, 4) is 0 Å². The highest BCUT2D eigenvalue weighted by Crippen LogP contribution is 2.22. The van der Waals surface area contributed by atoms with Crippen molar-refractivity contribution in [2.45, 2.75) is 31.3 Å². The Kier molecular flexibility index (Phi) is 7.38. The Morgan fingerprint density at radius 1 is 1.07 bits per heavy atom. The molecule has 0 aliphatic carbocycles. The van der Waals surface area contributed by atoms with Crippen molar-refractivity contribution >= 4 is 21.6 Å². The normalized spacial score (nSPS) is 11.4. The Balaban J connectivity index is 1.97. The van der Waals surface area contributed by atoms with E-state index in [0.29, 0.717) is 24.4 Å². The van der Waals surface area contributed by atoms with Gasteiger partial charge >= 0.3 is 0 Å². The second-order valence-electron chi connectivity index (χ2n) is 6.36. The highest BCUT2D eigenvalue weighted by Gasteiger charge is 2.21. The summed E-state index contributed by atoms with van der Waals surface area (Å²) < 4.78 is 31.9. The quantitative estimate of drug-likeness (QED) is 0.668. The molecule has 0 spiro atoms. The van der Waals surface area contributed by atoms with Crippen molar-refractivity contribution in [2.75, 3.05) is 24.5 Å². The third-order valence-corrected chi connectivity index (χ3v) is 5.75. The largest absolute Gasteiger partial charge is 0.379 e. The topological polar surface area (TPSA) is 75.7 Å². The van der Waals surface area contributed by atoms with Gasteiger partial charge in [0.25, 0.3) is 15.9 Å². The molecule has 0 radical (unpaired) electrons. The predicted octanol–water partition coefficient (Wildman–Crippen LogP) is 3.06. The molecule has 27 heavy (non-hydrogen) atoms. The van der Waals surface area contributed by atoms with E-state index in [1.54, 1.807) is 54.6 Å². The highest BCUT2D eigenvalue weighted by atomic mass is 32.2. The molecule has 0 unspecified atom stereocenters. The Bertz CT molecular complexity index is 834. The average Bonchev–Trinajstić information content (AvgIpc) is 2.67. The SMILES string of the molecule is CC(C)OCCCNC(=O)c1ccc(N(C)S(=O)(=O)c2ccccc2)cc1. The lowest BCUT2D eigenvalue weighted by Crippen LogP contribution is -2.27. The zero-order valence-electron chi connectivity index (χ0n) is 15.9. The zero-order chi connectivity index (χ0) is 19.9. The molecule has 0 heterocycles. The van der Waals surface area contributed by atoms with Crippen molar-refractivity contribution < 1.29 is 17.9 Å². The summed E-state index contributed by atoms with van der Waals surface area (Å²) in [6.45, 7) is 5.05. The molecular formula is C20H26N2O4S. The molecule has 0 aromatic heterocycles. The number of anilines is 1. The number of ether oxygens (including phenoxy) is 1. The van der Waals surface area contributed by atoms with Crippen LogP contribution in [-0.2, 0) is 14.8 Å². The molecule has 7 heteroatoms. The first-order chi connectivity index (χ1) is 12.8. The molecule has 0 aliphatic heterocycles. The van der Waals surface area contributed by atoms with Crippen LogP contribution < -0.4 is 9.62 Å². The van der Waals surface area contributed by atoms with Gasteiger partial charge in [0.05, 0.1) is 16.7 Å². The van der Waals surface area contributed by atoms with E-state index in [-0.39, 0.29) is 16.9 Å². The van der Waals surface area contributed by atoms with Crippen molar-refractivity contribution in [1.82, 2.24) is 5.32 Å². The molecule has 0 saturated carbocycles. The summed E-state index contributed by atoms with van der Waals surface area (Å²) >= 11 is 0. The van der Waals surface area contributed by atoms with Crippen LogP contribution in [0.2, 0.25) is 0 Å². The first kappa shape index (κ1) is 20.9. The van der Waals surface area contributed by atoms with E-state index in [4.69, 9.17) is 4.74 Å². The van der Waals surface area contributed by atoms with Gasteiger partial charge in [0.1, 0.15) is 0 Å². The van der Waals surface area contributed by atoms with Crippen molar-refractivity contribution in [3.63, 3.8) is 0 Å². The Morgan fingerprint density at radius 3 is 2.30 bits per heavy atom. The summed E-state index contributed by atoms with van der Waals surface area (Å²) in [6, 6.07) is 14.7. The summed E-state index contributed by atoms with van der Waals surface area (Å²) in [5, 5.41) is 2.83. The standard InChI is InChI=1S/C20H26N2O4S/c1-16(2)26-15-7-14-21-20(23)17-10-12-18(13-11-17)22(3)27(24,25)19-8-5-4-6-9-19/h4-6,8-13,16H,7,14-15H2,1-3H3,(H,21,23). The molecule has 2 rings (SSSR count). The Labute approximate surface area is 161 Å². The molecule has 0 atom stereocenters. The van der Waals surface area contributed by atoms with Crippen LogP contribution in [-0.4, -0.2) is 40.6 Å². The van der Waals surface area contributed by atoms with Gasteiger partial charge < -0.3 is 10.1 Å². The second-order valence-corrected chi connectivity index (χ2v) is 8.33. The van der Waals surface area contributed by atoms with Gasteiger partial charge in [-0.3, -0.25) is 9.10 Å². The van der Waals surface area contributed by atoms with Crippen molar-refractivity contribution in [1.29, 1.82) is 0 Å². The summed E-state index contributed by atoms with van der Waals surface area (Å²) in [6.07, 6.45) is 0.914. The van der Waals surface area contributed by atoms with Crippen LogP contribution in [0.1, 0.15) is 30.6 Å². The number of carbonyl (C=O) groups is 1. The number of rotatable bonds is 9. The number of nitrogens with one attached hydrogen (secondary N) is 1. The van der Waals surface area contributed by atoms with Crippen LogP contribution in [0.4, 0.5) is 5.69 Å². The number of benzene rings is 2. The molecule has 1 N–H and O–H groups in total. The number of hydrogen-bond acceptors (Lipinski definition) is 4. The molecule has 0 fully saturated rings. The smallest absolute Gasteiger partial charge is 0.264 e. The minimum Gasteiger partial charge on any atom is -0.379 e. The first-order valence-corrected chi connectivity index (χ1v) is 10.3. The van der Waals surface area contributed by atoms with E-state index < -0.39 is 10.0 Å². The molecule has 146 valence electrons. The van der Waals surface area contributed by atoms with Gasteiger partial charge in [-0.2, -0.15) is 0 Å². The minimum absolute atomic E-state index is 0.178. The van der Waals surface area contributed by atoms with E-state index >= 15 is 0 Å². The maximum Gasteiger partial charge on any atom is 0.264 e. The van der Waals surface area contributed by atoms with Crippen LogP contribution in [0.25, 0.3) is 0 Å². The van der Waals surface area contributed by atoms with E-state index in [1.165, 1.54) is 11.4 Å². The van der Waals surface area contributed by atoms with Gasteiger partial charge in [-0.1, -0.05) is 18.2 Å². The third-order valence-electron chi connectivity index (χ3n) is 3.95. The number of hydrogen-bond donors (Lipinski definition) is 1. The van der Waals surface area contributed by atoms with Crippen molar-refractivity contribution in [2.24, 2.45) is 0 Å². The molecule has 0 bridgehead atoms. The molecule has 0 aliphatic rings. The van der Waals surface area contributed by atoms with E-state index in [9.17, 15) is 13.2 Å². The average molecular weight is 391 g/mol. The maximum atomic E-state index is 12.6. The zero-order valence-corrected chi connectivity index (χ0v) is 16.7. The van der Waals surface area contributed by atoms with Crippen LogP contribution in [0.5, 0.6) is 0 Å². The van der Waals surface area contributed by atoms with Gasteiger partial charge in [0, 0.05) is 25.8 Å². The minimum atomic E-state index is -3.63. The summed E-state index contributed by atoms with van der Waals surface area (Å²) in [4.78, 5) is 12.4. The summed E-state index contributed by atoms with van der Waals surface area (Å²) in [7, 11) is -2.14. The monoisotopic (exact) mass is 390 g/mol. The van der Waals surface area contributed by atoms with Crippen LogP contribution in [0, 0.1) is 0 Å².